The number of thiazole rings is 1. The fraction of sp³-hybridized carbons (Fsp3) is 0.200. The Kier molecular flexibility index (Phi) is 6.37. The van der Waals surface area contributed by atoms with Crippen LogP contribution in [0, 0.1) is 20.8 Å². The number of ether oxygens (including phenoxy) is 1. The van der Waals surface area contributed by atoms with Gasteiger partial charge in [-0.25, -0.2) is 4.98 Å². The van der Waals surface area contributed by atoms with Gasteiger partial charge in [0, 0.05) is 33.8 Å². The molecule has 0 aliphatic heterocycles. The first-order valence-corrected chi connectivity index (χ1v) is 12.8. The predicted molar refractivity (Wildman–Crippen MR) is 149 cm³/mol. The number of hydrogen-bond acceptors (Lipinski definition) is 5. The zero-order chi connectivity index (χ0) is 25.4. The van der Waals surface area contributed by atoms with Crippen molar-refractivity contribution in [2.75, 3.05) is 11.9 Å². The van der Waals surface area contributed by atoms with Crippen LogP contribution < -0.4 is 10.1 Å². The van der Waals surface area contributed by atoms with Crippen LogP contribution in [-0.2, 0) is 4.79 Å². The molecule has 2 heterocycles. The molecule has 0 aliphatic rings. The summed E-state index contributed by atoms with van der Waals surface area (Å²) in [5.74, 6) is 0.552. The van der Waals surface area contributed by atoms with E-state index < -0.39 is 0 Å². The van der Waals surface area contributed by atoms with E-state index in [1.54, 1.807) is 23.7 Å². The van der Waals surface area contributed by atoms with Crippen LogP contribution in [0.5, 0.6) is 5.75 Å². The first kappa shape index (κ1) is 23.8. The molecule has 5 rings (SSSR count). The Morgan fingerprint density at radius 1 is 1.11 bits per heavy atom. The fourth-order valence-corrected chi connectivity index (χ4v) is 5.43. The molecule has 182 valence electrons. The number of hydrogen-bond donors (Lipinski definition) is 1. The zero-order valence-electron chi connectivity index (χ0n) is 21.1. The molecule has 0 radical (unpaired) electrons. The van der Waals surface area contributed by atoms with Crippen molar-refractivity contribution in [3.8, 4) is 16.3 Å². The highest BCUT2D eigenvalue weighted by Crippen LogP contribution is 2.38. The Morgan fingerprint density at radius 2 is 1.89 bits per heavy atom. The number of rotatable bonds is 6. The third-order valence-corrected chi connectivity index (χ3v) is 7.31. The van der Waals surface area contributed by atoms with Crippen molar-refractivity contribution in [1.29, 1.82) is 0 Å². The summed E-state index contributed by atoms with van der Waals surface area (Å²) in [6.45, 7) is 10.5. The van der Waals surface area contributed by atoms with Crippen LogP contribution in [0.1, 0.15) is 36.1 Å². The molecule has 0 spiro atoms. The first-order valence-electron chi connectivity index (χ1n) is 12.0. The smallest absolute Gasteiger partial charge is 0.248 e. The summed E-state index contributed by atoms with van der Waals surface area (Å²) in [6.07, 6.45) is 3.37. The summed E-state index contributed by atoms with van der Waals surface area (Å²) >= 11 is 1.67. The number of fused-ring (bicyclic) bond motifs is 2. The third kappa shape index (κ3) is 4.52. The van der Waals surface area contributed by atoms with Crippen molar-refractivity contribution < 1.29 is 13.9 Å². The molecular weight excluding hydrogens is 468 g/mol. The highest BCUT2D eigenvalue weighted by Gasteiger charge is 2.17. The molecular formula is C30H28N2O3S. The second-order valence-corrected chi connectivity index (χ2v) is 10.0. The highest BCUT2D eigenvalue weighted by atomic mass is 32.1. The molecule has 0 saturated heterocycles. The number of nitrogens with one attached hydrogen (secondary N) is 1. The van der Waals surface area contributed by atoms with Crippen molar-refractivity contribution >= 4 is 49.7 Å². The summed E-state index contributed by atoms with van der Waals surface area (Å²) < 4.78 is 12.9. The van der Waals surface area contributed by atoms with Crippen LogP contribution in [0.15, 0.2) is 65.3 Å². The topological polar surface area (TPSA) is 64.4 Å². The minimum absolute atomic E-state index is 0.195. The number of allylic oxidation sites excluding steroid dienone is 1. The number of anilines is 1. The highest BCUT2D eigenvalue weighted by molar-refractivity contribution is 7.21. The standard InChI is InChI=1S/C30H28N2O3S/c1-6-34-28-20(5)29-24(19(4)16-35-29)15-23(28)18(3)14-27(33)31-22-10-8-21(9-11-22)30-32-25-12-7-17(2)13-26(25)36-30/h7-16H,6H2,1-5H3,(H,31,33)/b18-14+. The Morgan fingerprint density at radius 3 is 2.64 bits per heavy atom. The molecule has 0 aliphatic carbocycles. The van der Waals surface area contributed by atoms with E-state index >= 15 is 0 Å². The number of benzene rings is 3. The van der Waals surface area contributed by atoms with Gasteiger partial charge in [0.15, 0.2) is 0 Å². The summed E-state index contributed by atoms with van der Waals surface area (Å²) in [5.41, 5.74) is 8.51. The molecule has 1 amide bonds. The normalized spacial score (nSPS) is 11.9. The Balaban J connectivity index is 1.37. The van der Waals surface area contributed by atoms with Gasteiger partial charge in [-0.05, 0) is 93.8 Å². The van der Waals surface area contributed by atoms with Crippen molar-refractivity contribution in [1.82, 2.24) is 4.98 Å². The van der Waals surface area contributed by atoms with Crippen LogP contribution in [0.2, 0.25) is 0 Å². The molecule has 2 aromatic heterocycles. The van der Waals surface area contributed by atoms with E-state index in [9.17, 15) is 4.79 Å². The third-order valence-electron chi connectivity index (χ3n) is 6.24. The lowest BCUT2D eigenvalue weighted by atomic mass is 9.98. The lowest BCUT2D eigenvalue weighted by molar-refractivity contribution is -0.111. The van der Waals surface area contributed by atoms with Gasteiger partial charge in [-0.1, -0.05) is 6.07 Å². The van der Waals surface area contributed by atoms with Crippen LogP contribution in [0.3, 0.4) is 0 Å². The SMILES string of the molecule is CCOc1c(/C(C)=C/C(=O)Nc2ccc(-c3nc4ccc(C)cc4s3)cc2)cc2c(C)coc2c1C. The lowest BCUT2D eigenvalue weighted by Gasteiger charge is -2.14. The quantitative estimate of drug-likeness (QED) is 0.241. The number of aryl methyl sites for hydroxylation is 3. The second-order valence-electron chi connectivity index (χ2n) is 8.99. The minimum atomic E-state index is -0.195. The Bertz CT molecular complexity index is 1620. The average Bonchev–Trinajstić information content (AvgIpc) is 3.44. The Hall–Kier alpha value is -3.90. The average molecular weight is 497 g/mol. The largest absolute Gasteiger partial charge is 0.493 e. The fourth-order valence-electron chi connectivity index (χ4n) is 4.37. The zero-order valence-corrected chi connectivity index (χ0v) is 21.9. The van der Waals surface area contributed by atoms with Gasteiger partial charge in [0.25, 0.3) is 0 Å². The van der Waals surface area contributed by atoms with E-state index in [0.717, 1.165) is 60.8 Å². The van der Waals surface area contributed by atoms with Gasteiger partial charge in [0.05, 0.1) is 23.1 Å². The molecule has 1 N–H and O–H groups in total. The second kappa shape index (κ2) is 9.63. The molecule has 5 aromatic rings. The maximum absolute atomic E-state index is 12.9. The van der Waals surface area contributed by atoms with E-state index in [1.165, 1.54) is 10.3 Å². The number of amides is 1. The van der Waals surface area contributed by atoms with Crippen molar-refractivity contribution in [2.24, 2.45) is 0 Å². The molecule has 0 fully saturated rings. The van der Waals surface area contributed by atoms with E-state index in [4.69, 9.17) is 14.1 Å². The predicted octanol–water partition coefficient (Wildman–Crippen LogP) is 8.08. The maximum Gasteiger partial charge on any atom is 0.248 e. The molecule has 0 bridgehead atoms. The molecule has 0 unspecified atom stereocenters. The van der Waals surface area contributed by atoms with Crippen LogP contribution in [0.25, 0.3) is 37.3 Å². The maximum atomic E-state index is 12.9. The van der Waals surface area contributed by atoms with E-state index in [1.807, 2.05) is 58.0 Å². The summed E-state index contributed by atoms with van der Waals surface area (Å²) in [6, 6.07) is 16.1. The van der Waals surface area contributed by atoms with Gasteiger partial charge >= 0.3 is 0 Å². The van der Waals surface area contributed by atoms with Gasteiger partial charge in [0.1, 0.15) is 16.3 Å². The molecule has 6 heteroatoms. The molecule has 3 aromatic carbocycles. The van der Waals surface area contributed by atoms with Crippen molar-refractivity contribution in [3.05, 3.63) is 83.1 Å². The van der Waals surface area contributed by atoms with E-state index in [2.05, 4.69) is 30.4 Å². The number of nitrogens with zero attached hydrogens (tertiary/aromatic N) is 1. The first-order chi connectivity index (χ1) is 17.3. The Labute approximate surface area is 214 Å². The monoisotopic (exact) mass is 496 g/mol. The molecule has 0 saturated carbocycles. The van der Waals surface area contributed by atoms with Gasteiger partial charge in [0.2, 0.25) is 5.91 Å². The molecule has 5 nitrogen and oxygen atoms in total. The van der Waals surface area contributed by atoms with Gasteiger partial charge < -0.3 is 14.5 Å². The minimum Gasteiger partial charge on any atom is -0.493 e. The molecule has 36 heavy (non-hydrogen) atoms. The van der Waals surface area contributed by atoms with E-state index in [-0.39, 0.29) is 5.91 Å². The summed E-state index contributed by atoms with van der Waals surface area (Å²) in [7, 11) is 0. The lowest BCUT2D eigenvalue weighted by Crippen LogP contribution is -2.09. The van der Waals surface area contributed by atoms with Gasteiger partial charge in [-0.3, -0.25) is 4.79 Å². The number of carbonyl (C=O) groups is 1. The van der Waals surface area contributed by atoms with Crippen LogP contribution >= 0.6 is 11.3 Å². The summed E-state index contributed by atoms with van der Waals surface area (Å²) in [5, 5.41) is 4.97. The van der Waals surface area contributed by atoms with Crippen molar-refractivity contribution in [3.63, 3.8) is 0 Å². The number of aromatic nitrogens is 1. The van der Waals surface area contributed by atoms with Crippen LogP contribution in [-0.4, -0.2) is 17.5 Å². The number of carbonyl (C=O) groups excluding carboxylic acids is 1. The number of furan rings is 1. The van der Waals surface area contributed by atoms with E-state index in [0.29, 0.717) is 6.61 Å². The van der Waals surface area contributed by atoms with Gasteiger partial charge in [-0.2, -0.15) is 0 Å². The summed E-state index contributed by atoms with van der Waals surface area (Å²) in [4.78, 5) is 17.6. The van der Waals surface area contributed by atoms with Gasteiger partial charge in [-0.15, -0.1) is 11.3 Å². The van der Waals surface area contributed by atoms with Crippen molar-refractivity contribution in [2.45, 2.75) is 34.6 Å². The van der Waals surface area contributed by atoms with Crippen LogP contribution in [0.4, 0.5) is 5.69 Å². The molecule has 0 atom stereocenters.